The molecule has 3 rings (SSSR count). The molecule has 5 atom stereocenters. The third-order valence-electron chi connectivity index (χ3n) is 4.99. The van der Waals surface area contributed by atoms with Crippen LogP contribution in [-0.2, 0) is 11.2 Å². The molecule has 0 radical (unpaired) electrons. The van der Waals surface area contributed by atoms with Gasteiger partial charge in [-0.1, -0.05) is 12.1 Å². The summed E-state index contributed by atoms with van der Waals surface area (Å²) in [6.45, 7) is -0.675. The maximum atomic E-state index is 12.8. The summed E-state index contributed by atoms with van der Waals surface area (Å²) in [6.07, 6.45) is -7.71. The number of carbonyl (C=O) groups excluding carboxylic acids is 1. The van der Waals surface area contributed by atoms with Crippen molar-refractivity contribution in [1.29, 1.82) is 0 Å². The highest BCUT2D eigenvalue weighted by Crippen LogP contribution is 2.36. The summed E-state index contributed by atoms with van der Waals surface area (Å²) in [5, 5.41) is 68.8. The molecule has 10 heteroatoms. The number of hydrogen-bond donors (Lipinski definition) is 7. The summed E-state index contributed by atoms with van der Waals surface area (Å²) in [5.74, 6) is -1.82. The van der Waals surface area contributed by atoms with Crippen molar-refractivity contribution in [2.45, 2.75) is 43.5 Å². The van der Waals surface area contributed by atoms with E-state index >= 15 is 0 Å². The minimum absolute atomic E-state index is 0.0454. The van der Waals surface area contributed by atoms with Gasteiger partial charge in [0.1, 0.15) is 53.0 Å². The Morgan fingerprint density at radius 3 is 2.39 bits per heavy atom. The first-order valence-electron chi connectivity index (χ1n) is 9.55. The Balaban J connectivity index is 1.83. The molecule has 1 heterocycles. The smallest absolute Gasteiger partial charge is 0.229 e. The van der Waals surface area contributed by atoms with Crippen molar-refractivity contribution >= 4 is 5.78 Å². The Labute approximate surface area is 177 Å². The summed E-state index contributed by atoms with van der Waals surface area (Å²) < 4.78 is 10.7. The van der Waals surface area contributed by atoms with Crippen molar-refractivity contribution in [2.24, 2.45) is 0 Å². The highest BCUT2D eigenvalue weighted by atomic mass is 16.7. The van der Waals surface area contributed by atoms with Crippen LogP contribution in [0, 0.1) is 0 Å². The lowest BCUT2D eigenvalue weighted by Crippen LogP contribution is -2.60. The number of Topliss-reactive ketones (excluding diaryl/α,β-unsaturated/α-hetero) is 1. The Morgan fingerprint density at radius 2 is 1.71 bits per heavy atom. The van der Waals surface area contributed by atoms with Gasteiger partial charge in [-0.2, -0.15) is 0 Å². The number of benzene rings is 2. The van der Waals surface area contributed by atoms with E-state index in [2.05, 4.69) is 0 Å². The summed E-state index contributed by atoms with van der Waals surface area (Å²) >= 11 is 0. The SMILES string of the molecule is O=C(CCc1cccc(O)c1)c1c(O)cc(O)cc1O[C@@H]1O[C@H](CO)[C@@H](O)[C@H](O)[C@H]1O. The van der Waals surface area contributed by atoms with Gasteiger partial charge in [0, 0.05) is 18.6 Å². The van der Waals surface area contributed by atoms with Gasteiger partial charge in [0.2, 0.25) is 6.29 Å². The topological polar surface area (TPSA) is 177 Å². The standard InChI is InChI=1S/C21H24O10/c22-9-16-18(27)19(28)20(29)21(31-16)30-15-8-12(24)7-14(26)17(15)13(25)5-4-10-2-1-3-11(23)6-10/h1-3,6-8,16,18-24,26-29H,4-5,9H2/t16-,18-,19+,20-,21-/m1/s1. The summed E-state index contributed by atoms with van der Waals surface area (Å²) in [4.78, 5) is 12.8. The third kappa shape index (κ3) is 5.06. The predicted octanol–water partition coefficient (Wildman–Crippen LogP) is -0.202. The lowest BCUT2D eigenvalue weighted by atomic mass is 9.99. The van der Waals surface area contributed by atoms with Crippen molar-refractivity contribution in [3.05, 3.63) is 47.5 Å². The highest BCUT2D eigenvalue weighted by Gasteiger charge is 2.45. The molecule has 2 aromatic rings. The number of rotatable bonds is 7. The average molecular weight is 436 g/mol. The molecule has 1 fully saturated rings. The molecular formula is C21H24O10. The van der Waals surface area contributed by atoms with Gasteiger partial charge in [0.15, 0.2) is 5.78 Å². The molecule has 2 aromatic carbocycles. The molecule has 0 aliphatic carbocycles. The van der Waals surface area contributed by atoms with E-state index in [4.69, 9.17) is 9.47 Å². The molecule has 1 aliphatic heterocycles. The lowest BCUT2D eigenvalue weighted by molar-refractivity contribution is -0.277. The van der Waals surface area contributed by atoms with Crippen LogP contribution in [-0.4, -0.2) is 78.8 Å². The summed E-state index contributed by atoms with van der Waals surface area (Å²) in [6, 6.07) is 8.30. The molecule has 7 N–H and O–H groups in total. The summed E-state index contributed by atoms with van der Waals surface area (Å²) in [5.41, 5.74) is 0.401. The normalized spacial score (nSPS) is 25.9. The fraction of sp³-hybridized carbons (Fsp3) is 0.381. The van der Waals surface area contributed by atoms with E-state index in [-0.39, 0.29) is 29.9 Å². The predicted molar refractivity (Wildman–Crippen MR) is 105 cm³/mol. The van der Waals surface area contributed by atoms with Gasteiger partial charge in [-0.3, -0.25) is 4.79 Å². The minimum Gasteiger partial charge on any atom is -0.508 e. The number of phenolic OH excluding ortho intramolecular Hbond substituents is 3. The zero-order valence-corrected chi connectivity index (χ0v) is 16.3. The van der Waals surface area contributed by atoms with E-state index < -0.39 is 54.6 Å². The quantitative estimate of drug-likeness (QED) is 0.288. The number of aromatic hydroxyl groups is 3. The Kier molecular flexibility index (Phi) is 6.98. The highest BCUT2D eigenvalue weighted by molar-refractivity contribution is 6.01. The van der Waals surface area contributed by atoms with Crippen molar-refractivity contribution in [2.75, 3.05) is 6.61 Å². The van der Waals surface area contributed by atoms with Crippen LogP contribution in [0.4, 0.5) is 0 Å². The monoisotopic (exact) mass is 436 g/mol. The van der Waals surface area contributed by atoms with Crippen molar-refractivity contribution < 1.29 is 50.0 Å². The molecule has 1 aliphatic rings. The van der Waals surface area contributed by atoms with Crippen molar-refractivity contribution in [3.63, 3.8) is 0 Å². The zero-order chi connectivity index (χ0) is 22.7. The van der Waals surface area contributed by atoms with E-state index in [9.17, 15) is 40.5 Å². The van der Waals surface area contributed by atoms with E-state index in [1.165, 1.54) is 12.1 Å². The van der Waals surface area contributed by atoms with Crippen LogP contribution in [0.2, 0.25) is 0 Å². The number of aliphatic hydroxyl groups is 4. The number of aryl methyl sites for hydroxylation is 1. The minimum atomic E-state index is -1.74. The molecule has 10 nitrogen and oxygen atoms in total. The molecule has 0 unspecified atom stereocenters. The first-order chi connectivity index (χ1) is 14.7. The van der Waals surface area contributed by atoms with Gasteiger partial charge < -0.3 is 45.2 Å². The number of ketones is 1. The van der Waals surface area contributed by atoms with Crippen LogP contribution in [0.5, 0.6) is 23.0 Å². The fourth-order valence-corrected chi connectivity index (χ4v) is 3.34. The Morgan fingerprint density at radius 1 is 0.968 bits per heavy atom. The van der Waals surface area contributed by atoms with E-state index in [0.717, 1.165) is 12.1 Å². The molecular weight excluding hydrogens is 412 g/mol. The second kappa shape index (κ2) is 9.50. The van der Waals surface area contributed by atoms with Crippen LogP contribution in [0.3, 0.4) is 0 Å². The maximum Gasteiger partial charge on any atom is 0.229 e. The van der Waals surface area contributed by atoms with Crippen LogP contribution < -0.4 is 4.74 Å². The van der Waals surface area contributed by atoms with Crippen LogP contribution in [0.25, 0.3) is 0 Å². The third-order valence-corrected chi connectivity index (χ3v) is 4.99. The van der Waals surface area contributed by atoms with Gasteiger partial charge in [-0.15, -0.1) is 0 Å². The number of ether oxygens (including phenoxy) is 2. The molecule has 0 aromatic heterocycles. The first-order valence-corrected chi connectivity index (χ1v) is 9.55. The fourth-order valence-electron chi connectivity index (χ4n) is 3.34. The number of carbonyl (C=O) groups is 1. The maximum absolute atomic E-state index is 12.8. The van der Waals surface area contributed by atoms with Gasteiger partial charge in [0.25, 0.3) is 0 Å². The van der Waals surface area contributed by atoms with Gasteiger partial charge >= 0.3 is 0 Å². The van der Waals surface area contributed by atoms with Crippen LogP contribution in [0.1, 0.15) is 22.3 Å². The van der Waals surface area contributed by atoms with Gasteiger partial charge in [-0.05, 0) is 24.1 Å². The van der Waals surface area contributed by atoms with E-state index in [1.807, 2.05) is 0 Å². The first kappa shape index (κ1) is 22.8. The number of phenols is 3. The average Bonchev–Trinajstić information content (AvgIpc) is 2.72. The molecule has 1 saturated heterocycles. The zero-order valence-electron chi connectivity index (χ0n) is 16.3. The van der Waals surface area contributed by atoms with Crippen LogP contribution in [0.15, 0.2) is 36.4 Å². The largest absolute Gasteiger partial charge is 0.508 e. The van der Waals surface area contributed by atoms with Gasteiger partial charge in [-0.25, -0.2) is 0 Å². The molecule has 0 bridgehead atoms. The molecule has 0 spiro atoms. The van der Waals surface area contributed by atoms with Crippen LogP contribution >= 0.6 is 0 Å². The van der Waals surface area contributed by atoms with Crippen molar-refractivity contribution in [3.8, 4) is 23.0 Å². The lowest BCUT2D eigenvalue weighted by Gasteiger charge is -2.39. The number of aliphatic hydroxyl groups excluding tert-OH is 4. The molecule has 0 saturated carbocycles. The van der Waals surface area contributed by atoms with Gasteiger partial charge in [0.05, 0.1) is 6.61 Å². The summed E-state index contributed by atoms with van der Waals surface area (Å²) in [7, 11) is 0. The second-order valence-electron chi connectivity index (χ2n) is 7.25. The Hall–Kier alpha value is -2.89. The van der Waals surface area contributed by atoms with E-state index in [0.29, 0.717) is 5.56 Å². The molecule has 0 amide bonds. The Bertz CT molecular complexity index is 928. The van der Waals surface area contributed by atoms with E-state index in [1.54, 1.807) is 12.1 Å². The molecule has 168 valence electrons. The second-order valence-corrected chi connectivity index (χ2v) is 7.25. The molecule has 31 heavy (non-hydrogen) atoms. The number of hydrogen-bond acceptors (Lipinski definition) is 10. The van der Waals surface area contributed by atoms with Crippen molar-refractivity contribution in [1.82, 2.24) is 0 Å².